The van der Waals surface area contributed by atoms with Crippen LogP contribution in [-0.4, -0.2) is 42.7 Å². The van der Waals surface area contributed by atoms with Crippen molar-refractivity contribution in [3.63, 3.8) is 0 Å². The van der Waals surface area contributed by atoms with Gasteiger partial charge < -0.3 is 15.0 Å². The zero-order valence-electron chi connectivity index (χ0n) is 24.3. The molecule has 1 saturated heterocycles. The van der Waals surface area contributed by atoms with E-state index >= 15 is 0 Å². The van der Waals surface area contributed by atoms with Gasteiger partial charge in [-0.2, -0.15) is 0 Å². The van der Waals surface area contributed by atoms with Crippen LogP contribution in [0.5, 0.6) is 0 Å². The second-order valence-electron chi connectivity index (χ2n) is 10.0. The summed E-state index contributed by atoms with van der Waals surface area (Å²) in [4.78, 5) is 16.9. The van der Waals surface area contributed by atoms with E-state index in [1.54, 1.807) is 0 Å². The van der Waals surface area contributed by atoms with Crippen LogP contribution in [0.2, 0.25) is 0 Å². The Hall–Kier alpha value is -3.55. The van der Waals surface area contributed by atoms with Crippen LogP contribution in [0.3, 0.4) is 0 Å². The highest BCUT2D eigenvalue weighted by Gasteiger charge is 2.23. The SMILES string of the molecule is C=C(Br)/C=C\CC/C(=C\C)N1/C(=C/C(=NC2CCOCC2)/C(=C\C)CNc2ccc(C)nc2)C=Nc2ccccc21. The maximum atomic E-state index is 5.63. The molecule has 2 aliphatic heterocycles. The molecule has 0 bridgehead atoms. The summed E-state index contributed by atoms with van der Waals surface area (Å²) in [6.45, 7) is 12.2. The first-order chi connectivity index (χ1) is 20.0. The van der Waals surface area contributed by atoms with Crippen LogP contribution in [-0.2, 0) is 4.74 Å². The lowest BCUT2D eigenvalue weighted by atomic mass is 10.0. The number of nitrogens with zero attached hydrogens (tertiary/aromatic N) is 4. The summed E-state index contributed by atoms with van der Waals surface area (Å²) in [6.07, 6.45) is 18.1. The molecule has 41 heavy (non-hydrogen) atoms. The number of nitrogens with one attached hydrogen (secondary N) is 1. The van der Waals surface area contributed by atoms with Crippen molar-refractivity contribution in [2.24, 2.45) is 9.98 Å². The van der Waals surface area contributed by atoms with Gasteiger partial charge in [0.1, 0.15) is 0 Å². The quantitative estimate of drug-likeness (QED) is 0.203. The van der Waals surface area contributed by atoms with Crippen LogP contribution in [0.1, 0.15) is 45.2 Å². The van der Waals surface area contributed by atoms with Crippen LogP contribution < -0.4 is 10.2 Å². The summed E-state index contributed by atoms with van der Waals surface area (Å²) in [5.74, 6) is 0. The Bertz CT molecular complexity index is 1380. The van der Waals surface area contributed by atoms with Crippen molar-refractivity contribution in [2.75, 3.05) is 30.0 Å². The van der Waals surface area contributed by atoms with Gasteiger partial charge in [0.25, 0.3) is 0 Å². The van der Waals surface area contributed by atoms with E-state index in [-0.39, 0.29) is 6.04 Å². The molecule has 1 aromatic heterocycles. The van der Waals surface area contributed by atoms with Crippen molar-refractivity contribution >= 4 is 44.9 Å². The maximum absolute atomic E-state index is 5.63. The maximum Gasteiger partial charge on any atom is 0.0870 e. The molecule has 1 fully saturated rings. The third-order valence-corrected chi connectivity index (χ3v) is 7.34. The fraction of sp³-hybridized carbons (Fsp3) is 0.324. The Morgan fingerprint density at radius 2 is 1.98 bits per heavy atom. The zero-order valence-corrected chi connectivity index (χ0v) is 25.9. The number of pyridine rings is 1. The summed E-state index contributed by atoms with van der Waals surface area (Å²) in [5, 5.41) is 3.54. The van der Waals surface area contributed by atoms with E-state index in [0.29, 0.717) is 6.54 Å². The number of anilines is 2. The van der Waals surface area contributed by atoms with Gasteiger partial charge in [-0.1, -0.05) is 58.9 Å². The number of hydrogen-bond donors (Lipinski definition) is 1. The number of fused-ring (bicyclic) bond motifs is 1. The highest BCUT2D eigenvalue weighted by atomic mass is 79.9. The van der Waals surface area contributed by atoms with E-state index in [1.165, 1.54) is 5.70 Å². The Kier molecular flexibility index (Phi) is 11.5. The van der Waals surface area contributed by atoms with E-state index in [2.05, 4.69) is 100 Å². The molecule has 0 unspecified atom stereocenters. The lowest BCUT2D eigenvalue weighted by Gasteiger charge is -2.32. The number of rotatable bonds is 11. The van der Waals surface area contributed by atoms with Crippen molar-refractivity contribution in [2.45, 2.75) is 52.5 Å². The predicted molar refractivity (Wildman–Crippen MR) is 178 cm³/mol. The van der Waals surface area contributed by atoms with Crippen LogP contribution in [0, 0.1) is 6.92 Å². The zero-order chi connectivity index (χ0) is 29.0. The van der Waals surface area contributed by atoms with Gasteiger partial charge >= 0.3 is 0 Å². The molecule has 7 heteroatoms. The molecule has 2 aliphatic rings. The summed E-state index contributed by atoms with van der Waals surface area (Å²) in [7, 11) is 0. The molecule has 0 spiro atoms. The largest absolute Gasteiger partial charge is 0.381 e. The molecule has 4 rings (SSSR count). The first-order valence-electron chi connectivity index (χ1n) is 14.3. The number of benzene rings is 1. The monoisotopic (exact) mass is 613 g/mol. The molecular weight excluding hydrogens is 574 g/mol. The van der Waals surface area contributed by atoms with Crippen molar-refractivity contribution in [3.8, 4) is 0 Å². The number of halogens is 1. The molecule has 0 aliphatic carbocycles. The number of aryl methyl sites for hydroxylation is 1. The van der Waals surface area contributed by atoms with Gasteiger partial charge in [-0.05, 0) is 82.4 Å². The Morgan fingerprint density at radius 1 is 1.17 bits per heavy atom. The van der Waals surface area contributed by atoms with Crippen molar-refractivity contribution in [1.29, 1.82) is 0 Å². The molecule has 1 aromatic carbocycles. The second-order valence-corrected chi connectivity index (χ2v) is 11.1. The molecule has 1 N–H and O–H groups in total. The summed E-state index contributed by atoms with van der Waals surface area (Å²) in [6, 6.07) is 12.6. The second kappa shape index (κ2) is 15.5. The molecule has 0 atom stereocenters. The van der Waals surface area contributed by atoms with E-state index in [1.807, 2.05) is 37.5 Å². The predicted octanol–water partition coefficient (Wildman–Crippen LogP) is 8.62. The van der Waals surface area contributed by atoms with Crippen LogP contribution >= 0.6 is 15.9 Å². The Morgan fingerprint density at radius 3 is 2.68 bits per heavy atom. The van der Waals surface area contributed by atoms with E-state index in [4.69, 9.17) is 14.7 Å². The van der Waals surface area contributed by atoms with Crippen LogP contribution in [0.4, 0.5) is 17.1 Å². The number of hydrogen-bond acceptors (Lipinski definition) is 6. The van der Waals surface area contributed by atoms with Gasteiger partial charge in [-0.25, -0.2) is 0 Å². The molecule has 0 saturated carbocycles. The van der Waals surface area contributed by atoms with E-state index < -0.39 is 0 Å². The van der Waals surface area contributed by atoms with Gasteiger partial charge in [0, 0.05) is 35.6 Å². The highest BCUT2D eigenvalue weighted by molar-refractivity contribution is 9.11. The average molecular weight is 615 g/mol. The lowest BCUT2D eigenvalue weighted by Crippen LogP contribution is -2.27. The van der Waals surface area contributed by atoms with Gasteiger partial charge in [0.15, 0.2) is 0 Å². The minimum atomic E-state index is 0.219. The van der Waals surface area contributed by atoms with Crippen molar-refractivity contribution < 1.29 is 4.74 Å². The van der Waals surface area contributed by atoms with Crippen molar-refractivity contribution in [3.05, 3.63) is 107 Å². The first kappa shape index (κ1) is 30.4. The third-order valence-electron chi connectivity index (χ3n) is 7.07. The van der Waals surface area contributed by atoms with Crippen LogP contribution in [0.15, 0.2) is 111 Å². The number of aliphatic imine (C=N–C) groups is 2. The minimum Gasteiger partial charge on any atom is -0.381 e. The Balaban J connectivity index is 1.71. The first-order valence-corrected chi connectivity index (χ1v) is 15.1. The number of para-hydroxylation sites is 2. The average Bonchev–Trinajstić information content (AvgIpc) is 2.99. The summed E-state index contributed by atoms with van der Waals surface area (Å²) in [5.41, 5.74) is 8.29. The van der Waals surface area contributed by atoms with Gasteiger partial charge in [-0.15, -0.1) is 0 Å². The molecule has 214 valence electrons. The number of ether oxygens (including phenoxy) is 1. The molecule has 0 radical (unpaired) electrons. The highest BCUT2D eigenvalue weighted by Crippen LogP contribution is 2.38. The van der Waals surface area contributed by atoms with Gasteiger partial charge in [-0.3, -0.25) is 15.0 Å². The molecule has 0 amide bonds. The lowest BCUT2D eigenvalue weighted by molar-refractivity contribution is 0.0871. The molecule has 6 nitrogen and oxygen atoms in total. The summed E-state index contributed by atoms with van der Waals surface area (Å²) < 4.78 is 6.50. The summed E-state index contributed by atoms with van der Waals surface area (Å²) >= 11 is 3.42. The topological polar surface area (TPSA) is 62.1 Å². The van der Waals surface area contributed by atoms with Gasteiger partial charge in [0.05, 0.1) is 46.9 Å². The minimum absolute atomic E-state index is 0.219. The van der Waals surface area contributed by atoms with Crippen LogP contribution in [0.25, 0.3) is 0 Å². The molecule has 3 heterocycles. The standard InChI is InChI=1S/C34H40BrN5O/c1-5-27(22-37-29-16-15-26(4)36-23-29)33(39-28-17-19-41-20-18-28)21-31-24-38-32-13-9-10-14-34(32)40(31)30(6-2)12-8-7-11-25(3)35/h5-7,9-11,13-16,21,23-24,28,37H,3,8,12,17-20,22H2,1-2,4H3/b11-7-,27-5-,30-6+,31-21+,39-33?. The van der Waals surface area contributed by atoms with Gasteiger partial charge in [0.2, 0.25) is 0 Å². The number of aromatic nitrogens is 1. The normalized spacial score (nSPS) is 17.8. The molecule has 2 aromatic rings. The fourth-order valence-corrected chi connectivity index (χ4v) is 5.01. The third kappa shape index (κ3) is 8.72. The smallest absolute Gasteiger partial charge is 0.0870 e. The van der Waals surface area contributed by atoms with E-state index in [0.717, 1.165) is 83.1 Å². The number of allylic oxidation sites excluding steroid dienone is 8. The van der Waals surface area contributed by atoms with Crippen molar-refractivity contribution in [1.82, 2.24) is 4.98 Å². The molecular formula is C34H40BrN5O. The Labute approximate surface area is 253 Å². The van der Waals surface area contributed by atoms with E-state index in [9.17, 15) is 0 Å². The fourth-order valence-electron chi connectivity index (χ4n) is 4.82.